The first-order valence-electron chi connectivity index (χ1n) is 6.73. The number of carbonyl (C=O) groups is 2. The van der Waals surface area contributed by atoms with Crippen LogP contribution < -0.4 is 5.32 Å². The molecule has 0 aromatic heterocycles. The highest BCUT2D eigenvalue weighted by Crippen LogP contribution is 2.06. The van der Waals surface area contributed by atoms with E-state index in [1.54, 1.807) is 30.3 Å². The van der Waals surface area contributed by atoms with E-state index in [4.69, 9.17) is 5.11 Å². The minimum absolute atomic E-state index is 0.121. The summed E-state index contributed by atoms with van der Waals surface area (Å²) in [6.07, 6.45) is 0.596. The number of aryl methyl sites for hydroxylation is 1. The van der Waals surface area contributed by atoms with Crippen molar-refractivity contribution in [1.29, 1.82) is 0 Å². The number of carboxylic acids is 1. The second kappa shape index (κ2) is 6.70. The van der Waals surface area contributed by atoms with Gasteiger partial charge >= 0.3 is 5.97 Å². The van der Waals surface area contributed by atoms with Crippen molar-refractivity contribution in [3.8, 4) is 0 Å². The highest BCUT2D eigenvalue weighted by molar-refractivity contribution is 5.94. The molecule has 0 radical (unpaired) electrons. The van der Waals surface area contributed by atoms with Gasteiger partial charge in [-0.05, 0) is 43.2 Å². The molecule has 4 heteroatoms. The Labute approximate surface area is 123 Å². The van der Waals surface area contributed by atoms with Gasteiger partial charge in [-0.2, -0.15) is 0 Å². The van der Waals surface area contributed by atoms with Crippen molar-refractivity contribution < 1.29 is 14.7 Å². The molecule has 0 saturated carbocycles. The Bertz CT molecular complexity index is 647. The minimum Gasteiger partial charge on any atom is -0.478 e. The molecule has 2 rings (SSSR count). The number of aromatic carboxylic acids is 1. The summed E-state index contributed by atoms with van der Waals surface area (Å²) < 4.78 is 0. The zero-order valence-corrected chi connectivity index (χ0v) is 11.8. The number of hydrogen-bond donors (Lipinski definition) is 2. The van der Waals surface area contributed by atoms with Crippen molar-refractivity contribution in [3.05, 3.63) is 70.8 Å². The summed E-state index contributed by atoms with van der Waals surface area (Å²) in [6, 6.07) is 14.1. The average Bonchev–Trinajstić information content (AvgIpc) is 2.48. The SMILES string of the molecule is Cc1ccc(C(=O)NCCc2cccc(C(=O)O)c2)cc1. The third-order valence-corrected chi connectivity index (χ3v) is 3.19. The summed E-state index contributed by atoms with van der Waals surface area (Å²) >= 11 is 0. The second-order valence-corrected chi connectivity index (χ2v) is 4.88. The van der Waals surface area contributed by atoms with Crippen molar-refractivity contribution in [1.82, 2.24) is 5.32 Å². The fraction of sp³-hybridized carbons (Fsp3) is 0.176. The van der Waals surface area contributed by atoms with Gasteiger partial charge in [0.1, 0.15) is 0 Å². The van der Waals surface area contributed by atoms with E-state index in [-0.39, 0.29) is 11.5 Å². The Hall–Kier alpha value is -2.62. The molecule has 0 saturated heterocycles. The van der Waals surface area contributed by atoms with Crippen LogP contribution in [0, 0.1) is 6.92 Å². The molecule has 2 aromatic rings. The number of rotatable bonds is 5. The molecule has 0 aliphatic rings. The van der Waals surface area contributed by atoms with Gasteiger partial charge < -0.3 is 10.4 Å². The average molecular weight is 283 g/mol. The number of carbonyl (C=O) groups excluding carboxylic acids is 1. The first-order chi connectivity index (χ1) is 10.1. The van der Waals surface area contributed by atoms with Crippen LogP contribution in [0.4, 0.5) is 0 Å². The summed E-state index contributed by atoms with van der Waals surface area (Å²) in [5.41, 5.74) is 2.88. The van der Waals surface area contributed by atoms with Crippen LogP contribution in [0.3, 0.4) is 0 Å². The maximum atomic E-state index is 11.9. The lowest BCUT2D eigenvalue weighted by atomic mass is 10.1. The van der Waals surface area contributed by atoms with Crippen LogP contribution in [-0.4, -0.2) is 23.5 Å². The number of hydrogen-bond acceptors (Lipinski definition) is 2. The molecule has 108 valence electrons. The molecule has 0 heterocycles. The number of nitrogens with one attached hydrogen (secondary N) is 1. The Kier molecular flexibility index (Phi) is 4.72. The topological polar surface area (TPSA) is 66.4 Å². The van der Waals surface area contributed by atoms with Gasteiger partial charge in [0.05, 0.1) is 5.56 Å². The van der Waals surface area contributed by atoms with Gasteiger partial charge in [0.2, 0.25) is 0 Å². The summed E-state index contributed by atoms with van der Waals surface area (Å²) in [6.45, 7) is 2.44. The van der Waals surface area contributed by atoms with Gasteiger partial charge in [-0.1, -0.05) is 29.8 Å². The van der Waals surface area contributed by atoms with Crippen LogP contribution in [0.1, 0.15) is 31.8 Å². The van der Waals surface area contributed by atoms with Crippen molar-refractivity contribution in [2.24, 2.45) is 0 Å². The molecule has 0 atom stereocenters. The molecule has 0 fully saturated rings. The molecular formula is C17H17NO3. The van der Waals surface area contributed by atoms with Crippen molar-refractivity contribution >= 4 is 11.9 Å². The highest BCUT2D eigenvalue weighted by Gasteiger charge is 2.06. The van der Waals surface area contributed by atoms with Gasteiger partial charge in [0, 0.05) is 12.1 Å². The lowest BCUT2D eigenvalue weighted by Crippen LogP contribution is -2.25. The predicted molar refractivity (Wildman–Crippen MR) is 80.6 cm³/mol. The first kappa shape index (κ1) is 14.8. The quantitative estimate of drug-likeness (QED) is 0.886. The van der Waals surface area contributed by atoms with E-state index in [1.165, 1.54) is 0 Å². The lowest BCUT2D eigenvalue weighted by molar-refractivity contribution is 0.0696. The second-order valence-electron chi connectivity index (χ2n) is 4.88. The number of benzene rings is 2. The van der Waals surface area contributed by atoms with Crippen molar-refractivity contribution in [2.75, 3.05) is 6.54 Å². The fourth-order valence-electron chi connectivity index (χ4n) is 1.99. The number of amides is 1. The normalized spacial score (nSPS) is 10.1. The predicted octanol–water partition coefficient (Wildman–Crippen LogP) is 2.67. The monoisotopic (exact) mass is 283 g/mol. The van der Waals surface area contributed by atoms with E-state index in [9.17, 15) is 9.59 Å². The van der Waals surface area contributed by atoms with Gasteiger partial charge in [0.15, 0.2) is 0 Å². The van der Waals surface area contributed by atoms with Crippen molar-refractivity contribution in [3.63, 3.8) is 0 Å². The molecule has 1 amide bonds. The standard InChI is InChI=1S/C17H17NO3/c1-12-5-7-14(8-6-12)16(19)18-10-9-13-3-2-4-15(11-13)17(20)21/h2-8,11H,9-10H2,1H3,(H,18,19)(H,20,21). The van der Waals surface area contributed by atoms with Crippen LogP contribution in [0.15, 0.2) is 48.5 Å². The molecule has 4 nitrogen and oxygen atoms in total. The summed E-state index contributed by atoms with van der Waals surface area (Å²) in [4.78, 5) is 22.8. The summed E-state index contributed by atoms with van der Waals surface area (Å²) in [7, 11) is 0. The van der Waals surface area contributed by atoms with E-state index in [2.05, 4.69) is 5.32 Å². The zero-order valence-electron chi connectivity index (χ0n) is 11.8. The largest absolute Gasteiger partial charge is 0.478 e. The Morgan fingerprint density at radius 3 is 2.43 bits per heavy atom. The van der Waals surface area contributed by atoms with Gasteiger partial charge in [0.25, 0.3) is 5.91 Å². The molecule has 2 N–H and O–H groups in total. The summed E-state index contributed by atoms with van der Waals surface area (Å²) in [5, 5.41) is 11.8. The third kappa shape index (κ3) is 4.18. The van der Waals surface area contributed by atoms with Gasteiger partial charge in [-0.15, -0.1) is 0 Å². The Morgan fingerprint density at radius 2 is 1.76 bits per heavy atom. The van der Waals surface area contributed by atoms with E-state index >= 15 is 0 Å². The molecule has 2 aromatic carbocycles. The number of carboxylic acid groups (broad SMARTS) is 1. The molecule has 0 unspecified atom stereocenters. The maximum absolute atomic E-state index is 11.9. The van der Waals surface area contributed by atoms with Crippen molar-refractivity contribution in [2.45, 2.75) is 13.3 Å². The van der Waals surface area contributed by atoms with Crippen LogP contribution in [-0.2, 0) is 6.42 Å². The van der Waals surface area contributed by atoms with Crippen LogP contribution in [0.25, 0.3) is 0 Å². The molecule has 0 aliphatic carbocycles. The fourth-order valence-corrected chi connectivity index (χ4v) is 1.99. The molecule has 0 bridgehead atoms. The Balaban J connectivity index is 1.89. The smallest absolute Gasteiger partial charge is 0.335 e. The highest BCUT2D eigenvalue weighted by atomic mass is 16.4. The summed E-state index contributed by atoms with van der Waals surface area (Å²) in [5.74, 6) is -1.06. The van der Waals surface area contributed by atoms with E-state index in [0.29, 0.717) is 18.5 Å². The Morgan fingerprint density at radius 1 is 1.05 bits per heavy atom. The maximum Gasteiger partial charge on any atom is 0.335 e. The molecule has 21 heavy (non-hydrogen) atoms. The van der Waals surface area contributed by atoms with E-state index < -0.39 is 5.97 Å². The van der Waals surface area contributed by atoms with Gasteiger partial charge in [-0.3, -0.25) is 4.79 Å². The third-order valence-electron chi connectivity index (χ3n) is 3.19. The van der Waals surface area contributed by atoms with Crippen LogP contribution in [0.2, 0.25) is 0 Å². The first-order valence-corrected chi connectivity index (χ1v) is 6.73. The van der Waals surface area contributed by atoms with Crippen LogP contribution in [0.5, 0.6) is 0 Å². The molecule has 0 spiro atoms. The van der Waals surface area contributed by atoms with Gasteiger partial charge in [-0.25, -0.2) is 4.79 Å². The lowest BCUT2D eigenvalue weighted by Gasteiger charge is -2.06. The minimum atomic E-state index is -0.944. The van der Waals surface area contributed by atoms with Crippen LogP contribution >= 0.6 is 0 Å². The molecular weight excluding hydrogens is 266 g/mol. The van der Waals surface area contributed by atoms with E-state index in [0.717, 1.165) is 11.1 Å². The zero-order chi connectivity index (χ0) is 15.2. The van der Waals surface area contributed by atoms with E-state index in [1.807, 2.05) is 25.1 Å². The molecule has 0 aliphatic heterocycles.